The van der Waals surface area contributed by atoms with Crippen molar-refractivity contribution >= 4 is 6.47 Å². The number of β-amino-alcohol motifs (C(OH)–C–C–N with tert-alkyl or cyclic N) is 1. The molecule has 0 radical (unpaired) electrons. The SMILES string of the molecule is COc1c(C)cnc(CN2C[C@H](OC)[C@@H](O)C2)c1C.O=CO. The van der Waals surface area contributed by atoms with Gasteiger partial charge in [-0.15, -0.1) is 0 Å². The predicted molar refractivity (Wildman–Crippen MR) is 81.0 cm³/mol. The standard InChI is InChI=1S/C14H22N2O3.CH2O2/c1-9-5-15-11(10(2)14(9)19-4)6-16-7-12(17)13(8-16)18-3;2-1-3/h5,12-13,17H,6-8H2,1-4H3;1H,(H,2,3)/t12-,13-;/m0./s1. The van der Waals surface area contributed by atoms with Gasteiger partial charge in [0.15, 0.2) is 0 Å². The van der Waals surface area contributed by atoms with Crippen LogP contribution >= 0.6 is 0 Å². The minimum atomic E-state index is -0.419. The fourth-order valence-electron chi connectivity index (χ4n) is 2.64. The van der Waals surface area contributed by atoms with Gasteiger partial charge in [-0.05, 0) is 13.8 Å². The number of rotatable bonds is 4. The molecule has 2 heterocycles. The number of aryl methyl sites for hydroxylation is 1. The van der Waals surface area contributed by atoms with Crippen LogP contribution in [0.25, 0.3) is 0 Å². The summed E-state index contributed by atoms with van der Waals surface area (Å²) in [6.07, 6.45) is 1.31. The number of hydrogen-bond donors (Lipinski definition) is 2. The Hall–Kier alpha value is -1.70. The number of aliphatic hydroxyl groups is 1. The molecule has 0 bridgehead atoms. The van der Waals surface area contributed by atoms with Gasteiger partial charge in [0.25, 0.3) is 6.47 Å². The van der Waals surface area contributed by atoms with E-state index in [0.29, 0.717) is 13.1 Å². The minimum absolute atomic E-state index is 0.104. The molecule has 7 heteroatoms. The fourth-order valence-corrected chi connectivity index (χ4v) is 2.64. The lowest BCUT2D eigenvalue weighted by atomic mass is 10.1. The van der Waals surface area contributed by atoms with E-state index in [1.54, 1.807) is 14.2 Å². The van der Waals surface area contributed by atoms with Gasteiger partial charge in [-0.3, -0.25) is 14.7 Å². The first kappa shape index (κ1) is 18.3. The first-order valence-electron chi connectivity index (χ1n) is 6.98. The topological polar surface area (TPSA) is 92.1 Å². The lowest BCUT2D eigenvalue weighted by Crippen LogP contribution is -2.25. The zero-order valence-corrected chi connectivity index (χ0v) is 13.4. The smallest absolute Gasteiger partial charge is 0.290 e. The van der Waals surface area contributed by atoms with E-state index in [2.05, 4.69) is 9.88 Å². The quantitative estimate of drug-likeness (QED) is 0.786. The van der Waals surface area contributed by atoms with Crippen LogP contribution in [-0.4, -0.2) is 66.1 Å². The Balaban J connectivity index is 0.000000745. The van der Waals surface area contributed by atoms with Gasteiger partial charge in [-0.1, -0.05) is 0 Å². The van der Waals surface area contributed by atoms with Crippen molar-refractivity contribution in [2.75, 3.05) is 27.3 Å². The molecule has 0 saturated carbocycles. The maximum atomic E-state index is 9.84. The largest absolute Gasteiger partial charge is 0.496 e. The number of ether oxygens (including phenoxy) is 2. The summed E-state index contributed by atoms with van der Waals surface area (Å²) in [7, 11) is 3.31. The highest BCUT2D eigenvalue weighted by Gasteiger charge is 2.31. The second-order valence-corrected chi connectivity index (χ2v) is 5.19. The maximum absolute atomic E-state index is 9.84. The van der Waals surface area contributed by atoms with E-state index in [1.807, 2.05) is 20.0 Å². The molecule has 1 saturated heterocycles. The van der Waals surface area contributed by atoms with Crippen molar-refractivity contribution < 1.29 is 24.5 Å². The summed E-state index contributed by atoms with van der Waals surface area (Å²) in [5.41, 5.74) is 3.10. The third-order valence-corrected chi connectivity index (χ3v) is 3.74. The molecule has 1 aliphatic heterocycles. The van der Waals surface area contributed by atoms with Crippen LogP contribution < -0.4 is 4.74 Å². The van der Waals surface area contributed by atoms with E-state index in [1.165, 1.54) is 0 Å². The van der Waals surface area contributed by atoms with Gasteiger partial charge in [0, 0.05) is 44.1 Å². The van der Waals surface area contributed by atoms with Crippen LogP contribution in [0.15, 0.2) is 6.20 Å². The summed E-state index contributed by atoms with van der Waals surface area (Å²) in [5.74, 6) is 0.896. The van der Waals surface area contributed by atoms with Crippen LogP contribution in [0, 0.1) is 13.8 Å². The molecule has 0 spiro atoms. The van der Waals surface area contributed by atoms with Crippen LogP contribution in [0.2, 0.25) is 0 Å². The Morgan fingerprint density at radius 3 is 2.55 bits per heavy atom. The number of aromatic nitrogens is 1. The average Bonchev–Trinajstić information content (AvgIpc) is 2.83. The van der Waals surface area contributed by atoms with Gasteiger partial charge < -0.3 is 19.7 Å². The number of pyridine rings is 1. The van der Waals surface area contributed by atoms with Crippen molar-refractivity contribution in [3.05, 3.63) is 23.0 Å². The molecule has 2 rings (SSSR count). The minimum Gasteiger partial charge on any atom is -0.496 e. The summed E-state index contributed by atoms with van der Waals surface area (Å²) in [5, 5.41) is 16.7. The van der Waals surface area contributed by atoms with Gasteiger partial charge >= 0.3 is 0 Å². The Morgan fingerprint density at radius 2 is 2.05 bits per heavy atom. The number of carboxylic acid groups (broad SMARTS) is 1. The molecule has 2 atom stereocenters. The number of nitrogens with zero attached hydrogens (tertiary/aromatic N) is 2. The van der Waals surface area contributed by atoms with Crippen molar-refractivity contribution in [2.45, 2.75) is 32.6 Å². The van der Waals surface area contributed by atoms with E-state index in [4.69, 9.17) is 19.4 Å². The van der Waals surface area contributed by atoms with Gasteiger partial charge in [0.1, 0.15) is 5.75 Å². The second-order valence-electron chi connectivity index (χ2n) is 5.19. The Kier molecular flexibility index (Phi) is 7.23. The van der Waals surface area contributed by atoms with Gasteiger partial charge in [0.2, 0.25) is 0 Å². The zero-order chi connectivity index (χ0) is 16.7. The molecule has 2 N–H and O–H groups in total. The van der Waals surface area contributed by atoms with Crippen molar-refractivity contribution in [3.8, 4) is 5.75 Å². The first-order chi connectivity index (χ1) is 10.5. The molecule has 22 heavy (non-hydrogen) atoms. The van der Waals surface area contributed by atoms with Crippen LogP contribution in [0.3, 0.4) is 0 Å². The van der Waals surface area contributed by atoms with Crippen molar-refractivity contribution in [3.63, 3.8) is 0 Å². The maximum Gasteiger partial charge on any atom is 0.290 e. The van der Waals surface area contributed by atoms with Gasteiger partial charge in [-0.2, -0.15) is 0 Å². The third-order valence-electron chi connectivity index (χ3n) is 3.74. The van der Waals surface area contributed by atoms with Crippen LogP contribution in [-0.2, 0) is 16.1 Å². The summed E-state index contributed by atoms with van der Waals surface area (Å²) in [6.45, 7) is 5.82. The Labute approximate surface area is 130 Å². The summed E-state index contributed by atoms with van der Waals surface area (Å²) < 4.78 is 10.7. The summed E-state index contributed by atoms with van der Waals surface area (Å²) in [6, 6.07) is 0. The normalized spacial score (nSPS) is 21.1. The van der Waals surface area contributed by atoms with Crippen LogP contribution in [0.5, 0.6) is 5.75 Å². The molecule has 1 aromatic heterocycles. The van der Waals surface area contributed by atoms with Gasteiger partial charge in [-0.25, -0.2) is 0 Å². The predicted octanol–water partition coefficient (Wildman–Crippen LogP) is 0.599. The highest BCUT2D eigenvalue weighted by molar-refractivity contribution is 5.41. The molecule has 124 valence electrons. The van der Waals surface area contributed by atoms with Crippen molar-refractivity contribution in [1.29, 1.82) is 0 Å². The molecule has 0 unspecified atom stereocenters. The van der Waals surface area contributed by atoms with E-state index in [-0.39, 0.29) is 12.6 Å². The monoisotopic (exact) mass is 312 g/mol. The van der Waals surface area contributed by atoms with Gasteiger partial charge in [0.05, 0.1) is 25.0 Å². The lowest BCUT2D eigenvalue weighted by molar-refractivity contribution is -0.122. The van der Waals surface area contributed by atoms with Crippen molar-refractivity contribution in [2.24, 2.45) is 0 Å². The number of methoxy groups -OCH3 is 2. The average molecular weight is 312 g/mol. The van der Waals surface area contributed by atoms with E-state index >= 15 is 0 Å². The van der Waals surface area contributed by atoms with E-state index in [0.717, 1.165) is 29.1 Å². The van der Waals surface area contributed by atoms with Crippen molar-refractivity contribution in [1.82, 2.24) is 9.88 Å². The molecule has 0 aliphatic carbocycles. The first-order valence-corrected chi connectivity index (χ1v) is 6.98. The molecule has 1 fully saturated rings. The molecule has 0 amide bonds. The number of aliphatic hydroxyl groups excluding tert-OH is 1. The van der Waals surface area contributed by atoms with Crippen LogP contribution in [0.1, 0.15) is 16.8 Å². The zero-order valence-electron chi connectivity index (χ0n) is 13.4. The molecule has 1 aliphatic rings. The molecular formula is C15H24N2O5. The Morgan fingerprint density at radius 1 is 1.41 bits per heavy atom. The molecule has 7 nitrogen and oxygen atoms in total. The number of carbonyl (C=O) groups is 1. The highest BCUT2D eigenvalue weighted by atomic mass is 16.5. The molecule has 0 aromatic carbocycles. The second kappa shape index (κ2) is 8.67. The van der Waals surface area contributed by atoms with Crippen LogP contribution in [0.4, 0.5) is 0 Å². The summed E-state index contributed by atoms with van der Waals surface area (Å²) >= 11 is 0. The lowest BCUT2D eigenvalue weighted by Gasteiger charge is -2.18. The van der Waals surface area contributed by atoms with E-state index in [9.17, 15) is 5.11 Å². The highest BCUT2D eigenvalue weighted by Crippen LogP contribution is 2.25. The molecule has 1 aromatic rings. The number of hydrogen-bond acceptors (Lipinski definition) is 6. The van der Waals surface area contributed by atoms with E-state index < -0.39 is 6.10 Å². The fraction of sp³-hybridized carbons (Fsp3) is 0.600. The third kappa shape index (κ3) is 4.40. The number of likely N-dealkylation sites (tertiary alicyclic amines) is 1. The summed E-state index contributed by atoms with van der Waals surface area (Å²) in [4.78, 5) is 15.0. The molecular weight excluding hydrogens is 288 g/mol. The Bertz CT molecular complexity index is 495.